The SMILES string of the molecule is Cc1ccc(CO)cc1NC(=O)c1ccc(C(=O)NC2CC2)cc1. The highest BCUT2D eigenvalue weighted by molar-refractivity contribution is 6.05. The first kappa shape index (κ1) is 16.2. The van der Waals surface area contributed by atoms with E-state index in [9.17, 15) is 14.7 Å². The van der Waals surface area contributed by atoms with Gasteiger partial charge in [0, 0.05) is 22.9 Å². The quantitative estimate of drug-likeness (QED) is 0.791. The molecular formula is C19H20N2O3. The van der Waals surface area contributed by atoms with E-state index in [4.69, 9.17) is 0 Å². The lowest BCUT2D eigenvalue weighted by Gasteiger charge is -2.10. The molecule has 0 atom stereocenters. The molecule has 24 heavy (non-hydrogen) atoms. The third-order valence-electron chi connectivity index (χ3n) is 4.05. The van der Waals surface area contributed by atoms with Crippen molar-refractivity contribution in [1.82, 2.24) is 5.32 Å². The minimum atomic E-state index is -0.248. The average Bonchev–Trinajstić information content (AvgIpc) is 3.41. The van der Waals surface area contributed by atoms with Crippen LogP contribution in [0.2, 0.25) is 0 Å². The predicted molar refractivity (Wildman–Crippen MR) is 92.0 cm³/mol. The summed E-state index contributed by atoms with van der Waals surface area (Å²) in [4.78, 5) is 24.3. The Morgan fingerprint density at radius 1 is 1.04 bits per heavy atom. The van der Waals surface area contributed by atoms with Crippen LogP contribution in [0.3, 0.4) is 0 Å². The minimum Gasteiger partial charge on any atom is -0.392 e. The topological polar surface area (TPSA) is 78.4 Å². The van der Waals surface area contributed by atoms with E-state index in [2.05, 4.69) is 10.6 Å². The summed E-state index contributed by atoms with van der Waals surface area (Å²) in [7, 11) is 0. The van der Waals surface area contributed by atoms with Crippen LogP contribution >= 0.6 is 0 Å². The summed E-state index contributed by atoms with van der Waals surface area (Å²) in [6, 6.07) is 12.3. The summed E-state index contributed by atoms with van der Waals surface area (Å²) in [6.45, 7) is 1.82. The smallest absolute Gasteiger partial charge is 0.255 e. The number of carbonyl (C=O) groups is 2. The zero-order valence-electron chi connectivity index (χ0n) is 13.5. The Morgan fingerprint density at radius 3 is 2.25 bits per heavy atom. The molecule has 0 radical (unpaired) electrons. The van der Waals surface area contributed by atoms with Crippen LogP contribution in [0, 0.1) is 6.92 Å². The number of aryl methyl sites for hydroxylation is 1. The fourth-order valence-electron chi connectivity index (χ4n) is 2.37. The lowest BCUT2D eigenvalue weighted by atomic mass is 10.1. The van der Waals surface area contributed by atoms with E-state index >= 15 is 0 Å². The molecule has 0 bridgehead atoms. The molecule has 0 saturated heterocycles. The summed E-state index contributed by atoms with van der Waals surface area (Å²) in [5, 5.41) is 15.0. The second-order valence-corrected chi connectivity index (χ2v) is 6.09. The minimum absolute atomic E-state index is 0.0754. The number of carbonyl (C=O) groups excluding carboxylic acids is 2. The first-order chi connectivity index (χ1) is 11.6. The number of rotatable bonds is 5. The molecule has 124 valence electrons. The van der Waals surface area contributed by atoms with Crippen LogP contribution in [0.4, 0.5) is 5.69 Å². The standard InChI is InChI=1S/C19H20N2O3/c1-12-2-3-13(11-22)10-17(12)21-19(24)15-6-4-14(5-7-15)18(23)20-16-8-9-16/h2-7,10,16,22H,8-9,11H2,1H3,(H,20,23)(H,21,24). The summed E-state index contributed by atoms with van der Waals surface area (Å²) in [5.74, 6) is -0.349. The van der Waals surface area contributed by atoms with E-state index in [1.54, 1.807) is 30.3 Å². The van der Waals surface area contributed by atoms with Gasteiger partial charge in [-0.2, -0.15) is 0 Å². The van der Waals surface area contributed by atoms with Gasteiger partial charge in [0.2, 0.25) is 0 Å². The first-order valence-corrected chi connectivity index (χ1v) is 7.99. The van der Waals surface area contributed by atoms with Crippen LogP contribution in [-0.4, -0.2) is 23.0 Å². The van der Waals surface area contributed by atoms with Gasteiger partial charge in [0.25, 0.3) is 11.8 Å². The molecule has 2 aromatic carbocycles. The summed E-state index contributed by atoms with van der Waals surface area (Å²) in [6.07, 6.45) is 2.08. The summed E-state index contributed by atoms with van der Waals surface area (Å²) < 4.78 is 0. The van der Waals surface area contributed by atoms with Gasteiger partial charge in [-0.3, -0.25) is 9.59 Å². The summed E-state index contributed by atoms with van der Waals surface area (Å²) in [5.41, 5.74) is 3.36. The van der Waals surface area contributed by atoms with Crippen molar-refractivity contribution in [3.63, 3.8) is 0 Å². The van der Waals surface area contributed by atoms with Crippen LogP contribution in [-0.2, 0) is 6.61 Å². The number of amides is 2. The normalized spacial score (nSPS) is 13.4. The maximum absolute atomic E-state index is 12.4. The van der Waals surface area contributed by atoms with Crippen molar-refractivity contribution in [2.75, 3.05) is 5.32 Å². The first-order valence-electron chi connectivity index (χ1n) is 7.99. The van der Waals surface area contributed by atoms with Crippen molar-refractivity contribution in [3.8, 4) is 0 Å². The number of benzene rings is 2. The molecule has 0 aliphatic heterocycles. The molecular weight excluding hydrogens is 304 g/mol. The zero-order chi connectivity index (χ0) is 17.1. The molecule has 0 heterocycles. The predicted octanol–water partition coefficient (Wildman–Crippen LogP) is 2.63. The van der Waals surface area contributed by atoms with Crippen LogP contribution in [0.15, 0.2) is 42.5 Å². The molecule has 5 heteroatoms. The second-order valence-electron chi connectivity index (χ2n) is 6.09. The Morgan fingerprint density at radius 2 is 1.67 bits per heavy atom. The van der Waals surface area contributed by atoms with Gasteiger partial charge < -0.3 is 15.7 Å². The maximum atomic E-state index is 12.4. The molecule has 1 aliphatic rings. The van der Waals surface area contributed by atoms with Gasteiger partial charge in [-0.05, 0) is 61.2 Å². The van der Waals surface area contributed by atoms with E-state index in [-0.39, 0.29) is 18.4 Å². The second kappa shape index (κ2) is 6.84. The Labute approximate surface area is 140 Å². The van der Waals surface area contributed by atoms with Gasteiger partial charge in [-0.15, -0.1) is 0 Å². The molecule has 3 N–H and O–H groups in total. The lowest BCUT2D eigenvalue weighted by molar-refractivity contribution is 0.0949. The molecule has 0 spiro atoms. The largest absolute Gasteiger partial charge is 0.392 e. The monoisotopic (exact) mass is 324 g/mol. The van der Waals surface area contributed by atoms with Gasteiger partial charge in [-0.25, -0.2) is 0 Å². The highest BCUT2D eigenvalue weighted by Gasteiger charge is 2.23. The van der Waals surface area contributed by atoms with Crippen molar-refractivity contribution in [3.05, 3.63) is 64.7 Å². The van der Waals surface area contributed by atoms with Gasteiger partial charge in [0.15, 0.2) is 0 Å². The van der Waals surface area contributed by atoms with Crippen molar-refractivity contribution < 1.29 is 14.7 Å². The van der Waals surface area contributed by atoms with Crippen LogP contribution in [0.25, 0.3) is 0 Å². The highest BCUT2D eigenvalue weighted by Crippen LogP contribution is 2.20. The van der Waals surface area contributed by atoms with E-state index < -0.39 is 0 Å². The Balaban J connectivity index is 1.69. The van der Waals surface area contributed by atoms with Crippen molar-refractivity contribution in [2.45, 2.75) is 32.4 Å². The third kappa shape index (κ3) is 3.81. The molecule has 0 aromatic heterocycles. The van der Waals surface area contributed by atoms with Crippen LogP contribution in [0.5, 0.6) is 0 Å². The molecule has 5 nitrogen and oxygen atoms in total. The Hall–Kier alpha value is -2.66. The maximum Gasteiger partial charge on any atom is 0.255 e. The molecule has 1 fully saturated rings. The van der Waals surface area contributed by atoms with E-state index in [0.717, 1.165) is 24.0 Å². The number of aliphatic hydroxyl groups excluding tert-OH is 1. The number of aliphatic hydroxyl groups is 1. The lowest BCUT2D eigenvalue weighted by Crippen LogP contribution is -2.25. The number of anilines is 1. The fourth-order valence-corrected chi connectivity index (χ4v) is 2.37. The molecule has 2 amide bonds. The van der Waals surface area contributed by atoms with Crippen molar-refractivity contribution in [1.29, 1.82) is 0 Å². The van der Waals surface area contributed by atoms with E-state index in [1.807, 2.05) is 19.1 Å². The summed E-state index contributed by atoms with van der Waals surface area (Å²) >= 11 is 0. The molecule has 2 aromatic rings. The third-order valence-corrected chi connectivity index (χ3v) is 4.05. The molecule has 0 unspecified atom stereocenters. The van der Waals surface area contributed by atoms with Crippen molar-refractivity contribution >= 4 is 17.5 Å². The number of nitrogens with one attached hydrogen (secondary N) is 2. The Bertz CT molecular complexity index is 765. The number of hydrogen-bond acceptors (Lipinski definition) is 3. The Kier molecular flexibility index (Phi) is 4.62. The van der Waals surface area contributed by atoms with E-state index in [1.165, 1.54) is 0 Å². The van der Waals surface area contributed by atoms with Gasteiger partial charge in [0.05, 0.1) is 6.61 Å². The van der Waals surface area contributed by atoms with E-state index in [0.29, 0.717) is 22.9 Å². The van der Waals surface area contributed by atoms with Gasteiger partial charge in [0.1, 0.15) is 0 Å². The molecule has 1 aliphatic carbocycles. The number of hydrogen-bond donors (Lipinski definition) is 3. The molecule has 3 rings (SSSR count). The van der Waals surface area contributed by atoms with Gasteiger partial charge >= 0.3 is 0 Å². The fraction of sp³-hybridized carbons (Fsp3) is 0.263. The van der Waals surface area contributed by atoms with Gasteiger partial charge in [-0.1, -0.05) is 12.1 Å². The zero-order valence-corrected chi connectivity index (χ0v) is 13.5. The van der Waals surface area contributed by atoms with Crippen LogP contribution in [0.1, 0.15) is 44.7 Å². The average molecular weight is 324 g/mol. The molecule has 1 saturated carbocycles. The van der Waals surface area contributed by atoms with Crippen molar-refractivity contribution in [2.24, 2.45) is 0 Å². The van der Waals surface area contributed by atoms with Crippen LogP contribution < -0.4 is 10.6 Å². The highest BCUT2D eigenvalue weighted by atomic mass is 16.3.